The van der Waals surface area contributed by atoms with Gasteiger partial charge in [-0.05, 0) is 60.5 Å². The molecule has 0 fully saturated rings. The summed E-state index contributed by atoms with van der Waals surface area (Å²) in [6.07, 6.45) is 3.72. The highest BCUT2D eigenvalue weighted by Crippen LogP contribution is 2.38. The molecule has 5 rings (SSSR count). The normalized spacial score (nSPS) is 15.8. The number of aromatic nitrogens is 1. The topological polar surface area (TPSA) is 34.5 Å². The average molecular weight is 431 g/mol. The summed E-state index contributed by atoms with van der Waals surface area (Å²) in [6, 6.07) is 18.6. The maximum atomic E-state index is 13.9. The van der Waals surface area contributed by atoms with Crippen LogP contribution >= 0.6 is 11.3 Å². The van der Waals surface area contributed by atoms with E-state index in [9.17, 15) is 4.79 Å². The maximum Gasteiger partial charge on any atom is 0.256 e. The molecule has 1 unspecified atom stereocenters. The van der Waals surface area contributed by atoms with Crippen molar-refractivity contribution in [1.29, 1.82) is 0 Å². The number of para-hydroxylation sites is 1. The number of ether oxygens (including phenoxy) is 1. The predicted molar refractivity (Wildman–Crippen MR) is 126 cm³/mol. The van der Waals surface area contributed by atoms with E-state index in [1.54, 1.807) is 18.4 Å². The van der Waals surface area contributed by atoms with Crippen molar-refractivity contribution in [2.45, 2.75) is 32.4 Å². The number of aryl methyl sites for hydroxylation is 1. The van der Waals surface area contributed by atoms with Crippen molar-refractivity contribution in [3.8, 4) is 5.75 Å². The SMILES string of the molecule is CCn1cc(C(=O)N2CCc3ccsc3C2Cc2cccc(OC)c2)c2ccccc21. The van der Waals surface area contributed by atoms with E-state index >= 15 is 0 Å². The number of nitrogens with zero attached hydrogens (tertiary/aromatic N) is 2. The van der Waals surface area contributed by atoms with Crippen molar-refractivity contribution in [1.82, 2.24) is 9.47 Å². The molecule has 0 radical (unpaired) electrons. The summed E-state index contributed by atoms with van der Waals surface area (Å²) < 4.78 is 7.59. The summed E-state index contributed by atoms with van der Waals surface area (Å²) >= 11 is 1.76. The first-order chi connectivity index (χ1) is 15.2. The Balaban J connectivity index is 1.55. The van der Waals surface area contributed by atoms with E-state index in [2.05, 4.69) is 52.1 Å². The Morgan fingerprint density at radius 1 is 1.16 bits per heavy atom. The van der Waals surface area contributed by atoms with Crippen molar-refractivity contribution in [3.63, 3.8) is 0 Å². The van der Waals surface area contributed by atoms with Crippen LogP contribution in [-0.4, -0.2) is 29.0 Å². The molecule has 0 N–H and O–H groups in total. The van der Waals surface area contributed by atoms with E-state index in [0.717, 1.165) is 48.1 Å². The van der Waals surface area contributed by atoms with Gasteiger partial charge >= 0.3 is 0 Å². The van der Waals surface area contributed by atoms with Gasteiger partial charge in [-0.1, -0.05) is 30.3 Å². The third-order valence-corrected chi connectivity index (χ3v) is 7.33. The zero-order valence-electron chi connectivity index (χ0n) is 17.9. The lowest BCUT2D eigenvalue weighted by molar-refractivity contribution is 0.0666. The van der Waals surface area contributed by atoms with Gasteiger partial charge in [-0.25, -0.2) is 0 Å². The Morgan fingerprint density at radius 2 is 2.03 bits per heavy atom. The number of hydrogen-bond acceptors (Lipinski definition) is 3. The number of thiophene rings is 1. The largest absolute Gasteiger partial charge is 0.497 e. The van der Waals surface area contributed by atoms with E-state index in [-0.39, 0.29) is 11.9 Å². The molecule has 2 aromatic carbocycles. The number of rotatable bonds is 5. The molecule has 3 heterocycles. The van der Waals surface area contributed by atoms with Crippen LogP contribution in [0, 0.1) is 0 Å². The molecule has 5 heteroatoms. The van der Waals surface area contributed by atoms with Crippen molar-refractivity contribution in [2.24, 2.45) is 0 Å². The molecule has 0 aliphatic carbocycles. The van der Waals surface area contributed by atoms with Crippen molar-refractivity contribution in [2.75, 3.05) is 13.7 Å². The summed E-state index contributed by atoms with van der Waals surface area (Å²) in [6.45, 7) is 3.70. The number of amides is 1. The second kappa shape index (κ2) is 8.23. The minimum atomic E-state index is 0.0343. The Morgan fingerprint density at radius 3 is 2.87 bits per heavy atom. The second-order valence-corrected chi connectivity index (χ2v) is 8.92. The highest BCUT2D eigenvalue weighted by atomic mass is 32.1. The van der Waals surface area contributed by atoms with Crippen molar-refractivity contribution in [3.05, 3.63) is 87.7 Å². The van der Waals surface area contributed by atoms with E-state index in [1.807, 2.05) is 30.5 Å². The first-order valence-corrected chi connectivity index (χ1v) is 11.7. The van der Waals surface area contributed by atoms with Gasteiger partial charge in [0.2, 0.25) is 0 Å². The second-order valence-electron chi connectivity index (χ2n) is 7.98. The fourth-order valence-electron chi connectivity index (χ4n) is 4.69. The van der Waals surface area contributed by atoms with Gasteiger partial charge in [0.15, 0.2) is 0 Å². The lowest BCUT2D eigenvalue weighted by Crippen LogP contribution is -2.40. The van der Waals surface area contributed by atoms with E-state index in [4.69, 9.17) is 4.74 Å². The molecule has 1 atom stereocenters. The van der Waals surface area contributed by atoms with E-state index in [1.165, 1.54) is 16.0 Å². The van der Waals surface area contributed by atoms with Gasteiger partial charge in [-0.2, -0.15) is 0 Å². The van der Waals surface area contributed by atoms with Crippen molar-refractivity contribution < 1.29 is 9.53 Å². The van der Waals surface area contributed by atoms with Crippen LogP contribution in [0.3, 0.4) is 0 Å². The van der Waals surface area contributed by atoms with Crippen LogP contribution in [0.15, 0.2) is 66.2 Å². The zero-order chi connectivity index (χ0) is 21.4. The molecule has 0 saturated carbocycles. The Bertz CT molecular complexity index is 1240. The Hall–Kier alpha value is -3.05. The summed E-state index contributed by atoms with van der Waals surface area (Å²) in [5, 5.41) is 3.19. The quantitative estimate of drug-likeness (QED) is 0.406. The van der Waals surface area contributed by atoms with Crippen LogP contribution < -0.4 is 4.74 Å². The third kappa shape index (κ3) is 3.53. The van der Waals surface area contributed by atoms with Gasteiger partial charge in [-0.3, -0.25) is 4.79 Å². The van der Waals surface area contributed by atoms with E-state index in [0.29, 0.717) is 0 Å². The third-order valence-electron chi connectivity index (χ3n) is 6.27. The zero-order valence-corrected chi connectivity index (χ0v) is 18.7. The fraction of sp³-hybridized carbons (Fsp3) is 0.269. The number of benzene rings is 2. The molecular formula is C26H26N2O2S. The van der Waals surface area contributed by atoms with Crippen LogP contribution in [-0.2, 0) is 19.4 Å². The number of carbonyl (C=O) groups excluding carboxylic acids is 1. The standard InChI is InChI=1S/C26H26N2O2S/c1-3-27-17-22(21-9-4-5-10-23(21)27)26(29)28-13-11-19-12-14-31-25(19)24(28)16-18-7-6-8-20(15-18)30-2/h4-10,12,14-15,17,24H,3,11,13,16H2,1-2H3. The molecule has 0 spiro atoms. The summed E-state index contributed by atoms with van der Waals surface area (Å²) in [7, 11) is 1.69. The smallest absolute Gasteiger partial charge is 0.256 e. The monoisotopic (exact) mass is 430 g/mol. The predicted octanol–water partition coefficient (Wildman–Crippen LogP) is 5.71. The van der Waals surface area contributed by atoms with Gasteiger partial charge in [0.25, 0.3) is 5.91 Å². The molecule has 4 nitrogen and oxygen atoms in total. The van der Waals surface area contributed by atoms with E-state index < -0.39 is 0 Å². The fourth-order valence-corrected chi connectivity index (χ4v) is 5.75. The molecule has 4 aromatic rings. The Labute approximate surface area is 186 Å². The first kappa shape index (κ1) is 19.9. The number of fused-ring (bicyclic) bond motifs is 2. The minimum Gasteiger partial charge on any atom is -0.497 e. The number of carbonyl (C=O) groups is 1. The molecular weight excluding hydrogens is 404 g/mol. The van der Waals surface area contributed by atoms with Gasteiger partial charge < -0.3 is 14.2 Å². The van der Waals surface area contributed by atoms with Crippen LogP contribution in [0.5, 0.6) is 5.75 Å². The van der Waals surface area contributed by atoms with Gasteiger partial charge in [0, 0.05) is 35.1 Å². The summed E-state index contributed by atoms with van der Waals surface area (Å²) in [5.41, 5.74) is 4.47. The Kier molecular flexibility index (Phi) is 5.28. The molecule has 0 bridgehead atoms. The highest BCUT2D eigenvalue weighted by Gasteiger charge is 2.33. The lowest BCUT2D eigenvalue weighted by Gasteiger charge is -2.36. The molecule has 1 aliphatic heterocycles. The van der Waals surface area contributed by atoms with Crippen molar-refractivity contribution >= 4 is 28.1 Å². The number of methoxy groups -OCH3 is 1. The molecule has 31 heavy (non-hydrogen) atoms. The summed E-state index contributed by atoms with van der Waals surface area (Å²) in [5.74, 6) is 0.971. The average Bonchev–Trinajstić information content (AvgIpc) is 3.44. The maximum absolute atomic E-state index is 13.9. The van der Waals surface area contributed by atoms with Gasteiger partial charge in [-0.15, -0.1) is 11.3 Å². The van der Waals surface area contributed by atoms with Crippen LogP contribution in [0.1, 0.15) is 39.3 Å². The van der Waals surface area contributed by atoms with Gasteiger partial charge in [0.1, 0.15) is 5.75 Å². The molecule has 158 valence electrons. The molecule has 1 aliphatic rings. The summed E-state index contributed by atoms with van der Waals surface area (Å²) in [4.78, 5) is 17.3. The number of hydrogen-bond donors (Lipinski definition) is 0. The minimum absolute atomic E-state index is 0.0343. The first-order valence-electron chi connectivity index (χ1n) is 10.8. The highest BCUT2D eigenvalue weighted by molar-refractivity contribution is 7.10. The molecule has 1 amide bonds. The molecule has 0 saturated heterocycles. The van der Waals surface area contributed by atoms with Crippen LogP contribution in [0.2, 0.25) is 0 Å². The molecule has 2 aromatic heterocycles. The van der Waals surface area contributed by atoms with Crippen LogP contribution in [0.4, 0.5) is 0 Å². The lowest BCUT2D eigenvalue weighted by atomic mass is 9.94. The van der Waals surface area contributed by atoms with Crippen LogP contribution in [0.25, 0.3) is 10.9 Å². The van der Waals surface area contributed by atoms with Gasteiger partial charge in [0.05, 0.1) is 18.7 Å².